The molecule has 0 heterocycles. The van der Waals surface area contributed by atoms with Crippen molar-refractivity contribution >= 4 is 29.5 Å². The van der Waals surface area contributed by atoms with Crippen LogP contribution in [0.1, 0.15) is 53.4 Å². The highest BCUT2D eigenvalue weighted by molar-refractivity contribution is 7.99. The molecule has 0 fully saturated rings. The summed E-state index contributed by atoms with van der Waals surface area (Å²) >= 11 is 1.43. The van der Waals surface area contributed by atoms with Crippen LogP contribution < -0.4 is 11.1 Å². The molecule has 0 saturated carbocycles. The van der Waals surface area contributed by atoms with Gasteiger partial charge in [-0.2, -0.15) is 11.8 Å². The van der Waals surface area contributed by atoms with Gasteiger partial charge in [-0.25, -0.2) is 4.79 Å². The number of nitrogens with one attached hydrogen (secondary N) is 1. The molecule has 0 saturated heterocycles. The van der Waals surface area contributed by atoms with Gasteiger partial charge in [0.1, 0.15) is 6.04 Å². The molecule has 4 N–H and O–H groups in total. The van der Waals surface area contributed by atoms with Gasteiger partial charge in [-0.15, -0.1) is 0 Å². The van der Waals surface area contributed by atoms with Crippen LogP contribution in [0, 0.1) is 0 Å². The third-order valence-electron chi connectivity index (χ3n) is 3.97. The van der Waals surface area contributed by atoms with Gasteiger partial charge in [0.05, 0.1) is 0 Å². The van der Waals surface area contributed by atoms with E-state index in [0.717, 1.165) is 37.8 Å². The molecule has 0 aromatic carbocycles. The molecule has 0 aromatic rings. The third kappa shape index (κ3) is 16.4. The van der Waals surface area contributed by atoms with E-state index in [1.165, 1.54) is 28.5 Å². The summed E-state index contributed by atoms with van der Waals surface area (Å²) in [5.74, 6) is -1.63. The average Bonchev–Trinajstić information content (AvgIpc) is 2.61. The topological polar surface area (TPSA) is 109 Å². The van der Waals surface area contributed by atoms with Crippen molar-refractivity contribution in [2.45, 2.75) is 59.4 Å². The number of primary amides is 1. The van der Waals surface area contributed by atoms with E-state index in [0.29, 0.717) is 5.75 Å². The molecule has 2 amide bonds. The van der Waals surface area contributed by atoms with E-state index in [9.17, 15) is 19.5 Å². The summed E-state index contributed by atoms with van der Waals surface area (Å²) in [7, 11) is 0. The van der Waals surface area contributed by atoms with Crippen LogP contribution in [-0.4, -0.2) is 40.4 Å². The van der Waals surface area contributed by atoms with Crippen molar-refractivity contribution in [3.63, 3.8) is 0 Å². The summed E-state index contributed by atoms with van der Waals surface area (Å²) in [6.07, 6.45) is 12.6. The summed E-state index contributed by atoms with van der Waals surface area (Å²) < 4.78 is 0. The SMILES string of the molecule is CC(C)=CCC/C(C)=C/CC/C(C)=C/CSC[C@H](NC(=O)C=CC(N)=O)C(=O)O. The second-order valence-electron chi connectivity index (χ2n) is 7.13. The molecule has 6 nitrogen and oxygen atoms in total. The molecule has 0 radical (unpaired) electrons. The first kappa shape index (κ1) is 26.7. The van der Waals surface area contributed by atoms with Crippen LogP contribution in [0.4, 0.5) is 0 Å². The molecule has 0 aliphatic rings. The first-order valence-corrected chi connectivity index (χ1v) is 10.8. The lowest BCUT2D eigenvalue weighted by atomic mass is 10.1. The summed E-state index contributed by atoms with van der Waals surface area (Å²) in [5, 5.41) is 11.5. The van der Waals surface area contributed by atoms with Crippen LogP contribution >= 0.6 is 11.8 Å². The second kappa shape index (κ2) is 15.6. The lowest BCUT2D eigenvalue weighted by Gasteiger charge is -2.12. The first-order valence-electron chi connectivity index (χ1n) is 9.65. The van der Waals surface area contributed by atoms with Gasteiger partial charge in [0.15, 0.2) is 0 Å². The molecule has 0 unspecified atom stereocenters. The summed E-state index contributed by atoms with van der Waals surface area (Å²) in [4.78, 5) is 33.4. The minimum atomic E-state index is -1.12. The Labute approximate surface area is 178 Å². The molecule has 7 heteroatoms. The molecule has 0 spiro atoms. The van der Waals surface area contributed by atoms with Crippen molar-refractivity contribution in [2.75, 3.05) is 11.5 Å². The molecular weight excluding hydrogens is 388 g/mol. The van der Waals surface area contributed by atoms with Crippen molar-refractivity contribution in [1.82, 2.24) is 5.32 Å². The van der Waals surface area contributed by atoms with Crippen LogP contribution in [-0.2, 0) is 14.4 Å². The normalized spacial score (nSPS) is 13.2. The summed E-state index contributed by atoms with van der Waals surface area (Å²) in [6.45, 7) is 8.45. The Morgan fingerprint density at radius 2 is 1.55 bits per heavy atom. The van der Waals surface area contributed by atoms with Gasteiger partial charge in [0.25, 0.3) is 0 Å². The zero-order valence-electron chi connectivity index (χ0n) is 17.9. The molecule has 0 rings (SSSR count). The van der Waals surface area contributed by atoms with E-state index in [1.54, 1.807) is 0 Å². The molecular formula is C22H34N2O4S. The van der Waals surface area contributed by atoms with Gasteiger partial charge in [-0.1, -0.05) is 34.9 Å². The largest absolute Gasteiger partial charge is 0.480 e. The second-order valence-corrected chi connectivity index (χ2v) is 8.21. The first-order chi connectivity index (χ1) is 13.6. The quantitative estimate of drug-likeness (QED) is 0.224. The monoisotopic (exact) mass is 422 g/mol. The third-order valence-corrected chi connectivity index (χ3v) is 4.94. The number of thioether (sulfide) groups is 1. The van der Waals surface area contributed by atoms with Crippen LogP contribution in [0.15, 0.2) is 47.1 Å². The Morgan fingerprint density at radius 3 is 2.10 bits per heavy atom. The number of allylic oxidation sites excluding steroid dienone is 5. The standard InChI is InChI=1S/C22H34N2O4S/c1-16(2)7-5-8-17(3)9-6-10-18(4)13-14-29-15-19(22(27)28)24-21(26)12-11-20(23)25/h7,9,11-13,19H,5-6,8,10,14-15H2,1-4H3,(H2,23,25)(H,24,26)(H,27,28)/b12-11?,17-9+,18-13+/t19-/m0/s1. The number of hydrogen-bond donors (Lipinski definition) is 3. The van der Waals surface area contributed by atoms with Crippen molar-refractivity contribution in [3.8, 4) is 0 Å². The minimum absolute atomic E-state index is 0.235. The van der Waals surface area contributed by atoms with Crippen molar-refractivity contribution in [1.29, 1.82) is 0 Å². The lowest BCUT2D eigenvalue weighted by molar-refractivity contribution is -0.140. The van der Waals surface area contributed by atoms with E-state index in [-0.39, 0.29) is 5.75 Å². The van der Waals surface area contributed by atoms with Gasteiger partial charge in [0, 0.05) is 23.7 Å². The summed E-state index contributed by atoms with van der Waals surface area (Å²) in [5.41, 5.74) is 8.90. The smallest absolute Gasteiger partial charge is 0.327 e. The Morgan fingerprint density at radius 1 is 0.966 bits per heavy atom. The van der Waals surface area contributed by atoms with Gasteiger partial charge in [0.2, 0.25) is 11.8 Å². The molecule has 0 aliphatic carbocycles. The summed E-state index contributed by atoms with van der Waals surface area (Å²) in [6, 6.07) is -1.02. The highest BCUT2D eigenvalue weighted by Crippen LogP contribution is 2.13. The minimum Gasteiger partial charge on any atom is -0.480 e. The van der Waals surface area contributed by atoms with Crippen LogP contribution in [0.25, 0.3) is 0 Å². The maximum absolute atomic E-state index is 11.6. The molecule has 0 aromatic heterocycles. The van der Waals surface area contributed by atoms with Crippen LogP contribution in [0.5, 0.6) is 0 Å². The van der Waals surface area contributed by atoms with Crippen LogP contribution in [0.2, 0.25) is 0 Å². The van der Waals surface area contributed by atoms with Crippen molar-refractivity contribution in [3.05, 3.63) is 47.1 Å². The predicted octanol–water partition coefficient (Wildman–Crippen LogP) is 3.75. The molecule has 162 valence electrons. The zero-order valence-corrected chi connectivity index (χ0v) is 18.7. The molecule has 0 bridgehead atoms. The predicted molar refractivity (Wildman–Crippen MR) is 121 cm³/mol. The van der Waals surface area contributed by atoms with Crippen molar-refractivity contribution < 1.29 is 19.5 Å². The fourth-order valence-corrected chi connectivity index (χ4v) is 3.28. The van der Waals surface area contributed by atoms with E-state index < -0.39 is 23.8 Å². The molecule has 1 atom stereocenters. The number of rotatable bonds is 14. The number of carbonyl (C=O) groups excluding carboxylic acids is 2. The van der Waals surface area contributed by atoms with E-state index >= 15 is 0 Å². The van der Waals surface area contributed by atoms with Gasteiger partial charge < -0.3 is 16.2 Å². The average molecular weight is 423 g/mol. The van der Waals surface area contributed by atoms with E-state index in [1.807, 2.05) is 0 Å². The Hall–Kier alpha value is -2.28. The van der Waals surface area contributed by atoms with Gasteiger partial charge in [-0.05, 0) is 53.4 Å². The van der Waals surface area contributed by atoms with Crippen LogP contribution in [0.3, 0.4) is 0 Å². The number of carboxylic acid groups (broad SMARTS) is 1. The van der Waals surface area contributed by atoms with Crippen molar-refractivity contribution in [2.24, 2.45) is 5.73 Å². The number of aliphatic carboxylic acids is 1. The zero-order chi connectivity index (χ0) is 22.2. The van der Waals surface area contributed by atoms with Gasteiger partial charge in [-0.3, -0.25) is 9.59 Å². The Kier molecular flexibility index (Phi) is 14.4. The number of hydrogen-bond acceptors (Lipinski definition) is 4. The number of carboxylic acids is 1. The molecule has 29 heavy (non-hydrogen) atoms. The number of nitrogens with two attached hydrogens (primary N) is 1. The maximum Gasteiger partial charge on any atom is 0.327 e. The highest BCUT2D eigenvalue weighted by atomic mass is 32.2. The number of carbonyl (C=O) groups is 3. The molecule has 0 aliphatic heterocycles. The fourth-order valence-electron chi connectivity index (χ4n) is 2.28. The fraction of sp³-hybridized carbons (Fsp3) is 0.500. The lowest BCUT2D eigenvalue weighted by Crippen LogP contribution is -2.42. The Balaban J connectivity index is 4.27. The Bertz CT molecular complexity index is 674. The van der Waals surface area contributed by atoms with Gasteiger partial charge >= 0.3 is 5.97 Å². The number of amides is 2. The highest BCUT2D eigenvalue weighted by Gasteiger charge is 2.18. The maximum atomic E-state index is 11.6. The van der Waals surface area contributed by atoms with E-state index in [4.69, 9.17) is 5.73 Å². The van der Waals surface area contributed by atoms with E-state index in [2.05, 4.69) is 51.2 Å².